The maximum absolute atomic E-state index is 13.5. The average Bonchev–Trinajstić information content (AvgIpc) is 2.96. The summed E-state index contributed by atoms with van der Waals surface area (Å²) in [7, 11) is -0.416. The molecule has 2 heterocycles. The Balaban J connectivity index is 1.95. The van der Waals surface area contributed by atoms with Crippen molar-refractivity contribution in [3.05, 3.63) is 65.5 Å². The topological polar surface area (TPSA) is 73.2 Å². The van der Waals surface area contributed by atoms with E-state index < -0.39 is 10.0 Å². The lowest BCUT2D eigenvalue weighted by atomic mass is 10.0. The van der Waals surface area contributed by atoms with Crippen molar-refractivity contribution in [2.75, 3.05) is 14.2 Å². The number of fused-ring (bicyclic) bond motifs is 3. The third kappa shape index (κ3) is 3.10. The third-order valence-electron chi connectivity index (χ3n) is 5.15. The van der Waals surface area contributed by atoms with Gasteiger partial charge in [0.05, 0.1) is 19.0 Å². The van der Waals surface area contributed by atoms with Gasteiger partial charge in [-0.15, -0.1) is 0 Å². The Morgan fingerprint density at radius 3 is 2.71 bits per heavy atom. The van der Waals surface area contributed by atoms with E-state index in [2.05, 4.69) is 16.4 Å². The van der Waals surface area contributed by atoms with Gasteiger partial charge in [0.15, 0.2) is 0 Å². The molecule has 0 aliphatic heterocycles. The lowest BCUT2D eigenvalue weighted by Crippen LogP contribution is -2.14. The van der Waals surface area contributed by atoms with Gasteiger partial charge in [-0.1, -0.05) is 24.3 Å². The highest BCUT2D eigenvalue weighted by atomic mass is 32.2. The lowest BCUT2D eigenvalue weighted by Gasteiger charge is -2.13. The number of rotatable bonds is 5. The summed E-state index contributed by atoms with van der Waals surface area (Å²) in [5.41, 5.74) is 5.06. The van der Waals surface area contributed by atoms with Crippen LogP contribution in [0.15, 0.2) is 53.7 Å². The zero-order chi connectivity index (χ0) is 19.7. The van der Waals surface area contributed by atoms with E-state index in [9.17, 15) is 8.42 Å². The molecule has 3 aromatic rings. The molecule has 1 N–H and O–H groups in total. The van der Waals surface area contributed by atoms with Crippen molar-refractivity contribution in [1.82, 2.24) is 14.3 Å². The molecule has 1 aliphatic carbocycles. The molecule has 4 rings (SSSR count). The van der Waals surface area contributed by atoms with E-state index in [1.165, 1.54) is 28.9 Å². The smallest absolute Gasteiger partial charge is 0.269 e. The van der Waals surface area contributed by atoms with Crippen LogP contribution in [0.25, 0.3) is 11.3 Å². The highest BCUT2D eigenvalue weighted by Crippen LogP contribution is 2.37. The molecular weight excluding hydrogens is 374 g/mol. The largest absolute Gasteiger partial charge is 0.481 e. The summed E-state index contributed by atoms with van der Waals surface area (Å²) in [5.74, 6) is 0.381. The number of methoxy groups -OCH3 is 1. The summed E-state index contributed by atoms with van der Waals surface area (Å²) in [6.45, 7) is 0.619. The van der Waals surface area contributed by atoms with Gasteiger partial charge in [0.2, 0.25) is 5.88 Å². The van der Waals surface area contributed by atoms with Gasteiger partial charge in [0, 0.05) is 24.4 Å². The zero-order valence-corrected chi connectivity index (χ0v) is 16.8. The number of pyridine rings is 1. The average molecular weight is 398 g/mol. The SMILES string of the molecule is CNCc1cn(S(=O)(=O)c2ccc(OC)nc2)c2c1CCCc1ccccc1-2. The monoisotopic (exact) mass is 397 g/mol. The second-order valence-corrected chi connectivity index (χ2v) is 8.67. The summed E-state index contributed by atoms with van der Waals surface area (Å²) < 4.78 is 33.5. The number of nitrogens with one attached hydrogen (secondary N) is 1. The van der Waals surface area contributed by atoms with Crippen LogP contribution < -0.4 is 10.1 Å². The molecule has 0 fully saturated rings. The number of benzene rings is 1. The van der Waals surface area contributed by atoms with E-state index in [1.54, 1.807) is 12.3 Å². The minimum absolute atomic E-state index is 0.142. The van der Waals surface area contributed by atoms with Crippen molar-refractivity contribution in [3.8, 4) is 17.1 Å². The van der Waals surface area contributed by atoms with E-state index in [0.29, 0.717) is 12.4 Å². The number of aromatic nitrogens is 2. The van der Waals surface area contributed by atoms with Gasteiger partial charge in [0.1, 0.15) is 4.90 Å². The fourth-order valence-corrected chi connectivity index (χ4v) is 5.21. The second kappa shape index (κ2) is 7.41. The number of ether oxygens (including phenoxy) is 1. The van der Waals surface area contributed by atoms with Gasteiger partial charge in [-0.05, 0) is 49.1 Å². The molecule has 0 bridgehead atoms. The third-order valence-corrected chi connectivity index (χ3v) is 6.80. The summed E-state index contributed by atoms with van der Waals surface area (Å²) in [6, 6.07) is 11.2. The fourth-order valence-electron chi connectivity index (χ4n) is 3.84. The fraction of sp³-hybridized carbons (Fsp3) is 0.286. The van der Waals surface area contributed by atoms with Crippen LogP contribution in [0.5, 0.6) is 5.88 Å². The summed E-state index contributed by atoms with van der Waals surface area (Å²) in [5, 5.41) is 3.16. The standard InChI is InChI=1S/C21H23N3O3S/c1-22-12-16-14-24(28(25,26)17-10-11-20(27-2)23-13-17)21-18-8-4-3-6-15(18)7-5-9-19(16)21/h3-4,6,8,10-11,13-14,22H,5,7,9,12H2,1-2H3. The highest BCUT2D eigenvalue weighted by molar-refractivity contribution is 7.90. The predicted molar refractivity (Wildman–Crippen MR) is 108 cm³/mol. The molecule has 1 aliphatic rings. The van der Waals surface area contributed by atoms with Crippen LogP contribution in [0.3, 0.4) is 0 Å². The van der Waals surface area contributed by atoms with E-state index in [1.807, 2.05) is 25.2 Å². The maximum Gasteiger partial charge on any atom is 0.269 e. The minimum atomic E-state index is -3.79. The Bertz CT molecular complexity index is 1100. The van der Waals surface area contributed by atoms with Crippen molar-refractivity contribution in [1.29, 1.82) is 0 Å². The Morgan fingerprint density at radius 1 is 1.18 bits per heavy atom. The minimum Gasteiger partial charge on any atom is -0.481 e. The molecule has 0 radical (unpaired) electrons. The second-order valence-electron chi connectivity index (χ2n) is 6.86. The summed E-state index contributed by atoms with van der Waals surface area (Å²) in [6.07, 6.45) is 5.89. The normalized spacial score (nSPS) is 13.5. The molecular formula is C21H23N3O3S. The molecule has 2 aromatic heterocycles. The van der Waals surface area contributed by atoms with E-state index >= 15 is 0 Å². The molecule has 0 unspecified atom stereocenters. The predicted octanol–water partition coefficient (Wildman–Crippen LogP) is 3.00. The van der Waals surface area contributed by atoms with Crippen LogP contribution in [0.2, 0.25) is 0 Å². The molecule has 7 heteroatoms. The van der Waals surface area contributed by atoms with Crippen LogP contribution in [0.1, 0.15) is 23.1 Å². The molecule has 6 nitrogen and oxygen atoms in total. The molecule has 0 saturated carbocycles. The molecule has 0 saturated heterocycles. The maximum atomic E-state index is 13.5. The first-order valence-electron chi connectivity index (χ1n) is 9.28. The van der Waals surface area contributed by atoms with Crippen molar-refractivity contribution in [3.63, 3.8) is 0 Å². The molecule has 0 spiro atoms. The molecule has 28 heavy (non-hydrogen) atoms. The first-order valence-corrected chi connectivity index (χ1v) is 10.7. The van der Waals surface area contributed by atoms with Crippen LogP contribution in [0.4, 0.5) is 0 Å². The van der Waals surface area contributed by atoms with E-state index in [-0.39, 0.29) is 4.90 Å². The summed E-state index contributed by atoms with van der Waals surface area (Å²) in [4.78, 5) is 4.22. The lowest BCUT2D eigenvalue weighted by molar-refractivity contribution is 0.397. The number of hydrogen-bond donors (Lipinski definition) is 1. The van der Waals surface area contributed by atoms with Crippen LogP contribution in [0, 0.1) is 0 Å². The van der Waals surface area contributed by atoms with Crippen LogP contribution in [-0.2, 0) is 29.4 Å². The Kier molecular flexibility index (Phi) is 4.95. The first kappa shape index (κ1) is 18.7. The van der Waals surface area contributed by atoms with Crippen molar-refractivity contribution >= 4 is 10.0 Å². The Hall–Kier alpha value is -2.64. The number of aryl methyl sites for hydroxylation is 1. The van der Waals surface area contributed by atoms with Gasteiger partial charge in [-0.2, -0.15) is 0 Å². The van der Waals surface area contributed by atoms with Gasteiger partial charge in [-0.25, -0.2) is 17.4 Å². The van der Waals surface area contributed by atoms with Gasteiger partial charge in [0.25, 0.3) is 10.0 Å². The van der Waals surface area contributed by atoms with E-state index in [4.69, 9.17) is 4.74 Å². The molecule has 0 atom stereocenters. The summed E-state index contributed by atoms with van der Waals surface area (Å²) >= 11 is 0. The van der Waals surface area contributed by atoms with Crippen molar-refractivity contribution in [2.45, 2.75) is 30.7 Å². The quantitative estimate of drug-likeness (QED) is 0.716. The van der Waals surface area contributed by atoms with Gasteiger partial charge < -0.3 is 10.1 Å². The zero-order valence-electron chi connectivity index (χ0n) is 16.0. The molecule has 0 amide bonds. The van der Waals surface area contributed by atoms with Gasteiger partial charge >= 0.3 is 0 Å². The van der Waals surface area contributed by atoms with Crippen molar-refractivity contribution < 1.29 is 13.2 Å². The number of nitrogens with zero attached hydrogens (tertiary/aromatic N) is 2. The Morgan fingerprint density at radius 2 is 2.00 bits per heavy atom. The molecule has 1 aromatic carbocycles. The van der Waals surface area contributed by atoms with E-state index in [0.717, 1.165) is 41.6 Å². The van der Waals surface area contributed by atoms with Crippen molar-refractivity contribution in [2.24, 2.45) is 0 Å². The van der Waals surface area contributed by atoms with Crippen LogP contribution >= 0.6 is 0 Å². The highest BCUT2D eigenvalue weighted by Gasteiger charge is 2.28. The first-order chi connectivity index (χ1) is 13.6. The molecule has 146 valence electrons. The number of hydrogen-bond acceptors (Lipinski definition) is 5. The van der Waals surface area contributed by atoms with Gasteiger partial charge in [-0.3, -0.25) is 0 Å². The van der Waals surface area contributed by atoms with Crippen LogP contribution in [-0.4, -0.2) is 31.5 Å². The Labute approximate surface area is 165 Å².